The minimum atomic E-state index is 0.293. The Balaban J connectivity index is 2.25. The third kappa shape index (κ3) is 2.48. The molecule has 0 atom stereocenters. The average Bonchev–Trinajstić information content (AvgIpc) is 2.49. The van der Waals surface area contributed by atoms with Gasteiger partial charge < -0.3 is 0 Å². The molecule has 0 aliphatic rings. The van der Waals surface area contributed by atoms with Crippen LogP contribution >= 0.6 is 23.2 Å². The molecule has 0 unspecified atom stereocenters. The normalized spacial score (nSPS) is 10.5. The highest BCUT2D eigenvalue weighted by molar-refractivity contribution is 6.33. The first-order valence-electron chi connectivity index (χ1n) is 5.79. The second kappa shape index (κ2) is 5.53. The van der Waals surface area contributed by atoms with E-state index >= 15 is 0 Å². The van der Waals surface area contributed by atoms with Crippen molar-refractivity contribution in [3.8, 4) is 22.6 Å². The molecule has 0 N–H and O–H groups in total. The van der Waals surface area contributed by atoms with E-state index in [9.17, 15) is 0 Å². The zero-order valence-corrected chi connectivity index (χ0v) is 11.7. The summed E-state index contributed by atoms with van der Waals surface area (Å²) in [5.41, 5.74) is 2.55. The van der Waals surface area contributed by atoms with E-state index in [1.54, 1.807) is 24.7 Å². The van der Waals surface area contributed by atoms with Crippen molar-refractivity contribution >= 4 is 23.2 Å². The summed E-state index contributed by atoms with van der Waals surface area (Å²) in [6, 6.07) is 7.42. The van der Waals surface area contributed by atoms with Crippen molar-refractivity contribution in [1.29, 1.82) is 0 Å². The molecule has 4 nitrogen and oxygen atoms in total. The number of benzene rings is 1. The van der Waals surface area contributed by atoms with Crippen LogP contribution in [0.15, 0.2) is 49.1 Å². The third-order valence-corrected chi connectivity index (χ3v) is 3.19. The van der Waals surface area contributed by atoms with Crippen molar-refractivity contribution < 1.29 is 0 Å². The van der Waals surface area contributed by atoms with Gasteiger partial charge in [-0.3, -0.25) is 15.0 Å². The van der Waals surface area contributed by atoms with Crippen LogP contribution in [0, 0.1) is 0 Å². The molecule has 0 spiro atoms. The van der Waals surface area contributed by atoms with Crippen LogP contribution in [0.25, 0.3) is 22.6 Å². The first-order chi connectivity index (χ1) is 9.75. The summed E-state index contributed by atoms with van der Waals surface area (Å²) < 4.78 is 0. The van der Waals surface area contributed by atoms with Crippen LogP contribution in [0.1, 0.15) is 0 Å². The van der Waals surface area contributed by atoms with Gasteiger partial charge in [0.05, 0.1) is 23.1 Å². The lowest BCUT2D eigenvalue weighted by Gasteiger charge is -2.08. The molecule has 20 heavy (non-hydrogen) atoms. The number of aromatic nitrogens is 4. The van der Waals surface area contributed by atoms with E-state index in [4.69, 9.17) is 23.2 Å². The molecule has 0 amide bonds. The molecular formula is C14H8Cl2N4. The maximum Gasteiger partial charge on any atom is 0.148 e. The predicted molar refractivity (Wildman–Crippen MR) is 78.5 cm³/mol. The molecular weight excluding hydrogens is 295 g/mol. The number of nitrogens with zero attached hydrogens (tertiary/aromatic N) is 4. The molecule has 6 heteroatoms. The average molecular weight is 303 g/mol. The molecule has 0 radical (unpaired) electrons. The van der Waals surface area contributed by atoms with E-state index in [2.05, 4.69) is 19.9 Å². The second-order valence-electron chi connectivity index (χ2n) is 3.96. The van der Waals surface area contributed by atoms with E-state index < -0.39 is 0 Å². The first-order valence-corrected chi connectivity index (χ1v) is 6.55. The van der Waals surface area contributed by atoms with Gasteiger partial charge in [0.15, 0.2) is 0 Å². The van der Waals surface area contributed by atoms with Gasteiger partial charge in [-0.05, 0) is 6.07 Å². The number of halogens is 2. The van der Waals surface area contributed by atoms with Gasteiger partial charge in [0.1, 0.15) is 16.5 Å². The van der Waals surface area contributed by atoms with Gasteiger partial charge in [-0.15, -0.1) is 0 Å². The van der Waals surface area contributed by atoms with Gasteiger partial charge in [-0.1, -0.05) is 41.4 Å². The van der Waals surface area contributed by atoms with E-state index in [0.29, 0.717) is 27.3 Å². The standard InChI is InChI=1S/C14H8Cl2N4/c15-10-4-2-1-3-9(10)13-14(20-12(16)8-19-13)11-7-17-5-6-18-11/h1-8H. The maximum absolute atomic E-state index is 6.22. The minimum absolute atomic E-state index is 0.293. The molecule has 3 rings (SSSR count). The molecule has 2 aromatic heterocycles. The monoisotopic (exact) mass is 302 g/mol. The lowest BCUT2D eigenvalue weighted by Crippen LogP contribution is -1.96. The van der Waals surface area contributed by atoms with Crippen LogP contribution in [0.3, 0.4) is 0 Å². The van der Waals surface area contributed by atoms with Crippen LogP contribution in [-0.4, -0.2) is 19.9 Å². The zero-order chi connectivity index (χ0) is 13.9. The molecule has 98 valence electrons. The molecule has 1 aromatic carbocycles. The summed E-state index contributed by atoms with van der Waals surface area (Å²) in [4.78, 5) is 16.9. The van der Waals surface area contributed by atoms with Crippen molar-refractivity contribution in [2.24, 2.45) is 0 Å². The third-order valence-electron chi connectivity index (χ3n) is 2.68. The smallest absolute Gasteiger partial charge is 0.148 e. The molecule has 0 aliphatic heterocycles. The Labute approximate surface area is 125 Å². The number of hydrogen-bond donors (Lipinski definition) is 0. The van der Waals surface area contributed by atoms with Crippen molar-refractivity contribution in [2.75, 3.05) is 0 Å². The summed E-state index contributed by atoms with van der Waals surface area (Å²) in [6.07, 6.45) is 6.28. The molecule has 2 heterocycles. The summed E-state index contributed by atoms with van der Waals surface area (Å²) in [7, 11) is 0. The highest BCUT2D eigenvalue weighted by Gasteiger charge is 2.15. The van der Waals surface area contributed by atoms with Crippen LogP contribution < -0.4 is 0 Å². The van der Waals surface area contributed by atoms with E-state index in [1.807, 2.05) is 18.2 Å². The highest BCUT2D eigenvalue weighted by Crippen LogP contribution is 2.32. The molecule has 3 aromatic rings. The fraction of sp³-hybridized carbons (Fsp3) is 0. The largest absolute Gasteiger partial charge is 0.261 e. The van der Waals surface area contributed by atoms with Gasteiger partial charge in [0.25, 0.3) is 0 Å². The van der Waals surface area contributed by atoms with E-state index in [1.165, 1.54) is 6.20 Å². The van der Waals surface area contributed by atoms with Gasteiger partial charge in [0, 0.05) is 18.0 Å². The van der Waals surface area contributed by atoms with E-state index in [-0.39, 0.29) is 0 Å². The van der Waals surface area contributed by atoms with Crippen LogP contribution in [0.4, 0.5) is 0 Å². The van der Waals surface area contributed by atoms with Crippen LogP contribution in [-0.2, 0) is 0 Å². The van der Waals surface area contributed by atoms with Crippen molar-refractivity contribution in [3.63, 3.8) is 0 Å². The second-order valence-corrected chi connectivity index (χ2v) is 4.75. The van der Waals surface area contributed by atoms with Crippen LogP contribution in [0.5, 0.6) is 0 Å². The van der Waals surface area contributed by atoms with E-state index in [0.717, 1.165) is 5.56 Å². The molecule has 0 aliphatic carbocycles. The Morgan fingerprint density at radius 1 is 0.850 bits per heavy atom. The predicted octanol–water partition coefficient (Wildman–Crippen LogP) is 3.91. The zero-order valence-electron chi connectivity index (χ0n) is 10.2. The van der Waals surface area contributed by atoms with Crippen molar-refractivity contribution in [3.05, 3.63) is 59.2 Å². The summed E-state index contributed by atoms with van der Waals surface area (Å²) in [5, 5.41) is 0.885. The molecule has 0 saturated heterocycles. The van der Waals surface area contributed by atoms with Gasteiger partial charge in [-0.2, -0.15) is 0 Å². The lowest BCUT2D eigenvalue weighted by atomic mass is 10.1. The quantitative estimate of drug-likeness (QED) is 0.720. The van der Waals surface area contributed by atoms with Gasteiger partial charge >= 0.3 is 0 Å². The number of hydrogen-bond acceptors (Lipinski definition) is 4. The Morgan fingerprint density at radius 3 is 2.45 bits per heavy atom. The van der Waals surface area contributed by atoms with Gasteiger partial charge in [0.2, 0.25) is 0 Å². The maximum atomic E-state index is 6.22. The minimum Gasteiger partial charge on any atom is -0.261 e. The molecule has 0 bridgehead atoms. The number of rotatable bonds is 2. The van der Waals surface area contributed by atoms with Crippen molar-refractivity contribution in [2.45, 2.75) is 0 Å². The summed E-state index contributed by atoms with van der Waals surface area (Å²) in [5.74, 6) is 0. The SMILES string of the molecule is Clc1cnc(-c2ccccc2Cl)c(-c2cnccn2)n1. The Hall–Kier alpha value is -2.04. The fourth-order valence-corrected chi connectivity index (χ4v) is 2.18. The summed E-state index contributed by atoms with van der Waals surface area (Å²) in [6.45, 7) is 0. The topological polar surface area (TPSA) is 51.6 Å². The Morgan fingerprint density at radius 2 is 1.70 bits per heavy atom. The summed E-state index contributed by atoms with van der Waals surface area (Å²) >= 11 is 12.2. The Bertz CT molecular complexity index is 747. The van der Waals surface area contributed by atoms with Crippen molar-refractivity contribution in [1.82, 2.24) is 19.9 Å². The van der Waals surface area contributed by atoms with Gasteiger partial charge in [-0.25, -0.2) is 4.98 Å². The first kappa shape index (κ1) is 13.0. The fourth-order valence-electron chi connectivity index (χ4n) is 1.82. The van der Waals surface area contributed by atoms with Crippen LogP contribution in [0.2, 0.25) is 10.2 Å². The Kier molecular flexibility index (Phi) is 3.58. The lowest BCUT2D eigenvalue weighted by molar-refractivity contribution is 1.15. The highest BCUT2D eigenvalue weighted by atomic mass is 35.5. The molecule has 0 saturated carbocycles. The molecule has 0 fully saturated rings.